The van der Waals surface area contributed by atoms with Gasteiger partial charge in [-0.2, -0.15) is 0 Å². The van der Waals surface area contributed by atoms with Crippen LogP contribution < -0.4 is 25.8 Å². The zero-order chi connectivity index (χ0) is 50.3. The van der Waals surface area contributed by atoms with E-state index in [-0.39, 0.29) is 47.8 Å². The summed E-state index contributed by atoms with van der Waals surface area (Å²) in [7, 11) is 0. The van der Waals surface area contributed by atoms with Gasteiger partial charge in [-0.15, -0.1) is 10.2 Å². The van der Waals surface area contributed by atoms with Crippen molar-refractivity contribution in [3.63, 3.8) is 0 Å². The lowest BCUT2D eigenvalue weighted by molar-refractivity contribution is -0.130. The highest BCUT2D eigenvalue weighted by molar-refractivity contribution is 6.30. The summed E-state index contributed by atoms with van der Waals surface area (Å²) in [6, 6.07) is 23.1. The summed E-state index contributed by atoms with van der Waals surface area (Å²) in [5.74, 6) is -2.15. The Hall–Kier alpha value is -7.14. The van der Waals surface area contributed by atoms with Crippen LogP contribution in [0.5, 0.6) is 0 Å². The molecule has 3 N–H and O–H groups in total. The van der Waals surface area contributed by atoms with Crippen molar-refractivity contribution >= 4 is 52.5 Å². The molecule has 0 bridgehead atoms. The quantitative estimate of drug-likeness (QED) is 0.0797. The van der Waals surface area contributed by atoms with Crippen molar-refractivity contribution in [3.05, 3.63) is 137 Å². The van der Waals surface area contributed by atoms with Gasteiger partial charge in [-0.25, -0.2) is 9.36 Å². The molecule has 18 heteroatoms. The van der Waals surface area contributed by atoms with Gasteiger partial charge in [0.2, 0.25) is 5.91 Å². The van der Waals surface area contributed by atoms with Crippen LogP contribution in [0.1, 0.15) is 131 Å². The average Bonchev–Trinajstić information content (AvgIpc) is 4.12. The van der Waals surface area contributed by atoms with Crippen LogP contribution in [0.3, 0.4) is 0 Å². The third-order valence-electron chi connectivity index (χ3n) is 12.2. The molecule has 3 atom stereocenters. The number of para-hydroxylation sites is 1. The number of hydrogen-bond donors (Lipinski definition) is 3. The summed E-state index contributed by atoms with van der Waals surface area (Å²) in [5.41, 5.74) is 2.21. The first kappa shape index (κ1) is 50.7. The van der Waals surface area contributed by atoms with Crippen LogP contribution in [-0.2, 0) is 20.9 Å². The number of hydrogen-bond acceptors (Lipinski definition) is 10. The minimum absolute atomic E-state index is 0.0109. The van der Waals surface area contributed by atoms with Crippen molar-refractivity contribution in [1.82, 2.24) is 45.9 Å². The molecule has 5 amide bonds. The number of carbonyl (C=O) groups excluding carboxylic acids is 5. The molecule has 70 heavy (non-hydrogen) atoms. The lowest BCUT2D eigenvalue weighted by Gasteiger charge is -2.38. The second kappa shape index (κ2) is 22.1. The fourth-order valence-corrected chi connectivity index (χ4v) is 8.93. The first-order valence-corrected chi connectivity index (χ1v) is 24.1. The second-order valence-corrected chi connectivity index (χ2v) is 19.9. The van der Waals surface area contributed by atoms with E-state index in [2.05, 4.69) is 36.6 Å². The van der Waals surface area contributed by atoms with E-state index in [0.29, 0.717) is 44.8 Å². The van der Waals surface area contributed by atoms with Crippen LogP contribution in [-0.4, -0.2) is 77.1 Å². The minimum atomic E-state index is -1.07. The SMILES string of the molecule is Cc1c(C(=O)NCc2cn(C(C(=O)N(c3ccc(Cl)cc3)C(C(=O)NC(C)(C)C)C(C)C)C(C)C)nn2)nnn1-c1ccc(C(=O)N(c2ccccc2)C(C(=O)NC2CCCCC2)c2ccco2)cc1. The lowest BCUT2D eigenvalue weighted by Crippen LogP contribution is -2.57. The van der Waals surface area contributed by atoms with Gasteiger partial charge >= 0.3 is 0 Å². The van der Waals surface area contributed by atoms with Gasteiger partial charge in [0, 0.05) is 33.5 Å². The number of aromatic nitrogens is 6. The summed E-state index contributed by atoms with van der Waals surface area (Å²) < 4.78 is 8.75. The molecule has 0 radical (unpaired) electrons. The number of carbonyl (C=O) groups is 5. The molecule has 0 saturated heterocycles. The van der Waals surface area contributed by atoms with Gasteiger partial charge in [0.15, 0.2) is 11.7 Å². The number of amides is 5. The first-order valence-electron chi connectivity index (χ1n) is 23.8. The molecule has 0 aliphatic heterocycles. The molecule has 1 aliphatic rings. The van der Waals surface area contributed by atoms with E-state index in [4.69, 9.17) is 16.0 Å². The Bertz CT molecular complexity index is 2740. The molecule has 3 aromatic carbocycles. The first-order chi connectivity index (χ1) is 33.4. The van der Waals surface area contributed by atoms with Gasteiger partial charge in [-0.05, 0) is 125 Å². The van der Waals surface area contributed by atoms with Crippen molar-refractivity contribution in [2.24, 2.45) is 11.8 Å². The molecule has 3 unspecified atom stereocenters. The Morgan fingerprint density at radius 2 is 1.46 bits per heavy atom. The largest absolute Gasteiger partial charge is 0.467 e. The van der Waals surface area contributed by atoms with Gasteiger partial charge in [0.05, 0.1) is 30.4 Å². The number of benzene rings is 3. The standard InChI is InChI=1S/C52H62ClN11O6/c1-32(2)44(49(67)56-52(6,7)8)62(40-27-23-36(53)24-28-40)51(69)45(33(3)4)61-31-38(57-59-61)30-54-47(65)43-34(5)64(60-58-43)41-25-21-35(22-26-41)50(68)63(39-18-13-10-14-19-39)46(42-20-15-29-70-42)48(66)55-37-16-11-9-12-17-37/h10,13-15,18-29,31-33,37,44-46H,9,11-12,16-17,30H2,1-8H3,(H,54,65)(H,55,66)(H,56,67). The van der Waals surface area contributed by atoms with Crippen LogP contribution in [0, 0.1) is 18.8 Å². The van der Waals surface area contributed by atoms with E-state index in [1.54, 1.807) is 85.9 Å². The zero-order valence-electron chi connectivity index (χ0n) is 40.9. The van der Waals surface area contributed by atoms with Gasteiger partial charge in [-0.3, -0.25) is 33.8 Å². The Balaban J connectivity index is 1.07. The Kier molecular flexibility index (Phi) is 16.0. The molecule has 6 aromatic rings. The molecule has 1 saturated carbocycles. The van der Waals surface area contributed by atoms with Crippen LogP contribution >= 0.6 is 11.6 Å². The van der Waals surface area contributed by atoms with Crippen molar-refractivity contribution in [3.8, 4) is 5.69 Å². The Morgan fingerprint density at radius 3 is 2.07 bits per heavy atom. The number of anilines is 2. The maximum absolute atomic E-state index is 14.8. The third kappa shape index (κ3) is 11.8. The second-order valence-electron chi connectivity index (χ2n) is 19.4. The molecule has 3 heterocycles. The molecule has 1 aliphatic carbocycles. The fraction of sp³-hybridized carbons (Fsp3) is 0.404. The number of furan rings is 1. The van der Waals surface area contributed by atoms with Crippen LogP contribution in [0.4, 0.5) is 11.4 Å². The number of nitrogens with one attached hydrogen (secondary N) is 3. The summed E-state index contributed by atoms with van der Waals surface area (Å²) in [6.07, 6.45) is 8.04. The molecule has 368 valence electrons. The number of nitrogens with zero attached hydrogens (tertiary/aromatic N) is 8. The van der Waals surface area contributed by atoms with Gasteiger partial charge < -0.3 is 20.4 Å². The van der Waals surface area contributed by atoms with Gasteiger partial charge in [0.1, 0.15) is 23.5 Å². The zero-order valence-corrected chi connectivity index (χ0v) is 41.7. The highest BCUT2D eigenvalue weighted by Gasteiger charge is 2.41. The topological polar surface area (TPSA) is 202 Å². The normalized spacial score (nSPS) is 14.4. The number of halogens is 1. The molecule has 7 rings (SSSR count). The highest BCUT2D eigenvalue weighted by atomic mass is 35.5. The van der Waals surface area contributed by atoms with Crippen molar-refractivity contribution in [2.75, 3.05) is 9.80 Å². The van der Waals surface area contributed by atoms with E-state index in [1.807, 2.05) is 66.7 Å². The van der Waals surface area contributed by atoms with E-state index in [0.717, 1.165) is 32.1 Å². The van der Waals surface area contributed by atoms with E-state index in [1.165, 1.54) is 25.4 Å². The van der Waals surface area contributed by atoms with E-state index in [9.17, 15) is 24.0 Å². The minimum Gasteiger partial charge on any atom is -0.467 e. The summed E-state index contributed by atoms with van der Waals surface area (Å²) >= 11 is 6.25. The maximum atomic E-state index is 14.8. The molecule has 17 nitrogen and oxygen atoms in total. The van der Waals surface area contributed by atoms with E-state index >= 15 is 0 Å². The Morgan fingerprint density at radius 1 is 0.786 bits per heavy atom. The summed E-state index contributed by atoms with van der Waals surface area (Å²) in [5, 5.41) is 26.6. The average molecular weight is 973 g/mol. The summed E-state index contributed by atoms with van der Waals surface area (Å²) in [4.78, 5) is 74.0. The van der Waals surface area contributed by atoms with Gasteiger partial charge in [-0.1, -0.05) is 87.2 Å². The van der Waals surface area contributed by atoms with Crippen molar-refractivity contribution < 1.29 is 28.4 Å². The smallest absolute Gasteiger partial charge is 0.274 e. The predicted molar refractivity (Wildman–Crippen MR) is 266 cm³/mol. The molecule has 0 spiro atoms. The monoisotopic (exact) mass is 971 g/mol. The van der Waals surface area contributed by atoms with Crippen LogP contribution in [0.2, 0.25) is 5.02 Å². The molecule has 1 fully saturated rings. The lowest BCUT2D eigenvalue weighted by atomic mass is 9.95. The molecular formula is C52H62ClN11O6. The Labute approximate surface area is 413 Å². The van der Waals surface area contributed by atoms with Gasteiger partial charge in [0.25, 0.3) is 23.6 Å². The summed E-state index contributed by atoms with van der Waals surface area (Å²) in [6.45, 7) is 14.9. The maximum Gasteiger partial charge on any atom is 0.274 e. The molecular weight excluding hydrogens is 910 g/mol. The van der Waals surface area contributed by atoms with Crippen LogP contribution in [0.25, 0.3) is 5.69 Å². The van der Waals surface area contributed by atoms with Crippen molar-refractivity contribution in [1.29, 1.82) is 0 Å². The highest BCUT2D eigenvalue weighted by Crippen LogP contribution is 2.33. The predicted octanol–water partition coefficient (Wildman–Crippen LogP) is 8.35. The number of rotatable bonds is 17. The molecule has 3 aromatic heterocycles. The van der Waals surface area contributed by atoms with Crippen LogP contribution in [0.15, 0.2) is 108 Å². The van der Waals surface area contributed by atoms with Crippen molar-refractivity contribution in [2.45, 2.75) is 124 Å². The van der Waals surface area contributed by atoms with E-state index < -0.39 is 35.5 Å². The third-order valence-corrected chi connectivity index (χ3v) is 12.4. The fourth-order valence-electron chi connectivity index (χ4n) is 8.81.